The second-order valence-corrected chi connectivity index (χ2v) is 4.75. The molecule has 1 aliphatic rings. The highest BCUT2D eigenvalue weighted by molar-refractivity contribution is 5.29. The van der Waals surface area contributed by atoms with Crippen molar-refractivity contribution in [3.63, 3.8) is 0 Å². The quantitative estimate of drug-likeness (QED) is 0.774. The van der Waals surface area contributed by atoms with E-state index in [0.717, 1.165) is 25.4 Å². The Hall–Kier alpha value is -1.46. The zero-order valence-corrected chi connectivity index (χ0v) is 13.3. The van der Waals surface area contributed by atoms with E-state index in [1.807, 2.05) is 20.8 Å². The van der Waals surface area contributed by atoms with E-state index in [1.54, 1.807) is 7.11 Å². The van der Waals surface area contributed by atoms with Crippen LogP contribution >= 0.6 is 0 Å². The van der Waals surface area contributed by atoms with Crippen molar-refractivity contribution in [1.82, 2.24) is 4.90 Å². The van der Waals surface area contributed by atoms with E-state index in [0.29, 0.717) is 5.92 Å². The summed E-state index contributed by atoms with van der Waals surface area (Å²) in [6.45, 7) is 9.15. The van der Waals surface area contributed by atoms with Crippen LogP contribution < -0.4 is 4.74 Å². The molecule has 1 aromatic carbocycles. The SMILES string of the molecule is CC.CC#CCN1CCC(c2ccc(OC)cc2)CC1. The van der Waals surface area contributed by atoms with E-state index in [9.17, 15) is 0 Å². The second-order valence-electron chi connectivity index (χ2n) is 4.75. The van der Waals surface area contributed by atoms with Crippen molar-refractivity contribution in [3.05, 3.63) is 29.8 Å². The lowest BCUT2D eigenvalue weighted by molar-refractivity contribution is 0.235. The number of ether oxygens (including phenoxy) is 1. The average molecular weight is 273 g/mol. The Morgan fingerprint density at radius 2 is 1.75 bits per heavy atom. The molecule has 0 aromatic heterocycles. The smallest absolute Gasteiger partial charge is 0.118 e. The molecule has 1 fully saturated rings. The first-order chi connectivity index (χ1) is 9.83. The largest absolute Gasteiger partial charge is 0.497 e. The first-order valence-electron chi connectivity index (χ1n) is 7.59. The van der Waals surface area contributed by atoms with E-state index < -0.39 is 0 Å². The van der Waals surface area contributed by atoms with Gasteiger partial charge in [-0.15, -0.1) is 5.92 Å². The summed E-state index contributed by atoms with van der Waals surface area (Å²) < 4.78 is 5.19. The molecule has 1 aromatic rings. The van der Waals surface area contributed by atoms with Crippen molar-refractivity contribution >= 4 is 0 Å². The molecule has 0 radical (unpaired) electrons. The van der Waals surface area contributed by atoms with Gasteiger partial charge in [-0.1, -0.05) is 31.9 Å². The molecule has 0 amide bonds. The maximum Gasteiger partial charge on any atom is 0.118 e. The molecule has 0 unspecified atom stereocenters. The van der Waals surface area contributed by atoms with Crippen molar-refractivity contribution in [1.29, 1.82) is 0 Å². The zero-order chi connectivity index (χ0) is 14.8. The standard InChI is InChI=1S/C16H21NO.C2H6/c1-3-4-11-17-12-9-15(10-13-17)14-5-7-16(18-2)8-6-14;1-2/h5-8,15H,9-13H2,1-2H3;1-2H3. The summed E-state index contributed by atoms with van der Waals surface area (Å²) >= 11 is 0. The highest BCUT2D eigenvalue weighted by atomic mass is 16.5. The number of methoxy groups -OCH3 is 1. The molecule has 0 aliphatic carbocycles. The number of nitrogens with zero attached hydrogens (tertiary/aromatic N) is 1. The van der Waals surface area contributed by atoms with E-state index in [4.69, 9.17) is 4.74 Å². The van der Waals surface area contributed by atoms with Crippen LogP contribution in [0.2, 0.25) is 0 Å². The summed E-state index contributed by atoms with van der Waals surface area (Å²) in [7, 11) is 1.71. The van der Waals surface area contributed by atoms with Gasteiger partial charge in [-0.25, -0.2) is 0 Å². The van der Waals surface area contributed by atoms with Crippen LogP contribution in [-0.4, -0.2) is 31.6 Å². The van der Waals surface area contributed by atoms with E-state index in [2.05, 4.69) is 41.0 Å². The van der Waals surface area contributed by atoms with Crippen molar-refractivity contribution in [2.24, 2.45) is 0 Å². The topological polar surface area (TPSA) is 12.5 Å². The van der Waals surface area contributed by atoms with Crippen LogP contribution in [-0.2, 0) is 0 Å². The van der Waals surface area contributed by atoms with Gasteiger partial charge in [0.25, 0.3) is 0 Å². The van der Waals surface area contributed by atoms with Crippen molar-refractivity contribution < 1.29 is 4.74 Å². The normalized spacial score (nSPS) is 15.6. The van der Waals surface area contributed by atoms with Crippen molar-refractivity contribution in [3.8, 4) is 17.6 Å². The molecule has 1 heterocycles. The predicted octanol–water partition coefficient (Wildman–Crippen LogP) is 3.92. The fourth-order valence-corrected chi connectivity index (χ4v) is 2.49. The molecule has 0 atom stereocenters. The Morgan fingerprint density at radius 3 is 2.25 bits per heavy atom. The number of benzene rings is 1. The number of rotatable bonds is 3. The summed E-state index contributed by atoms with van der Waals surface area (Å²) in [5.41, 5.74) is 1.44. The third-order valence-electron chi connectivity index (χ3n) is 3.65. The first-order valence-corrected chi connectivity index (χ1v) is 7.59. The minimum absolute atomic E-state index is 0.696. The second kappa shape index (κ2) is 9.44. The van der Waals surface area contributed by atoms with Crippen molar-refractivity contribution in [2.75, 3.05) is 26.7 Å². The first kappa shape index (κ1) is 16.6. The molecule has 1 saturated heterocycles. The monoisotopic (exact) mass is 273 g/mol. The summed E-state index contributed by atoms with van der Waals surface area (Å²) in [6.07, 6.45) is 2.47. The van der Waals surface area contributed by atoms with Crippen LogP contribution in [0.25, 0.3) is 0 Å². The molecule has 20 heavy (non-hydrogen) atoms. The van der Waals surface area contributed by atoms with Gasteiger partial charge in [-0.2, -0.15) is 0 Å². The fourth-order valence-electron chi connectivity index (χ4n) is 2.49. The van der Waals surface area contributed by atoms with Gasteiger partial charge in [0.15, 0.2) is 0 Å². The Morgan fingerprint density at radius 1 is 1.15 bits per heavy atom. The lowest BCUT2D eigenvalue weighted by Crippen LogP contribution is -2.33. The van der Waals surface area contributed by atoms with Gasteiger partial charge in [-0.05, 0) is 56.5 Å². The van der Waals surface area contributed by atoms with Gasteiger partial charge in [0.05, 0.1) is 13.7 Å². The Labute approximate surface area is 124 Å². The third-order valence-corrected chi connectivity index (χ3v) is 3.65. The van der Waals surface area contributed by atoms with Gasteiger partial charge in [-0.3, -0.25) is 4.90 Å². The van der Waals surface area contributed by atoms with Crippen LogP contribution in [0.5, 0.6) is 5.75 Å². The molecular formula is C18H27NO. The summed E-state index contributed by atoms with van der Waals surface area (Å²) in [5.74, 6) is 7.75. The van der Waals surface area contributed by atoms with E-state index >= 15 is 0 Å². The maximum absolute atomic E-state index is 5.19. The Bertz CT molecular complexity index is 419. The van der Waals surface area contributed by atoms with Crippen LogP contribution in [0.3, 0.4) is 0 Å². The maximum atomic E-state index is 5.19. The molecule has 2 nitrogen and oxygen atoms in total. The highest BCUT2D eigenvalue weighted by Gasteiger charge is 2.19. The lowest BCUT2D eigenvalue weighted by Gasteiger charge is -2.30. The molecule has 2 rings (SSSR count). The summed E-state index contributed by atoms with van der Waals surface area (Å²) in [5, 5.41) is 0. The molecule has 0 N–H and O–H groups in total. The van der Waals surface area contributed by atoms with Crippen LogP contribution in [0.1, 0.15) is 45.1 Å². The highest BCUT2D eigenvalue weighted by Crippen LogP contribution is 2.28. The number of likely N-dealkylation sites (tertiary alicyclic amines) is 1. The Kier molecular flexibility index (Phi) is 7.84. The minimum atomic E-state index is 0.696. The van der Waals surface area contributed by atoms with Crippen LogP contribution in [0.15, 0.2) is 24.3 Å². The van der Waals surface area contributed by atoms with Crippen molar-refractivity contribution in [2.45, 2.75) is 39.5 Å². The van der Waals surface area contributed by atoms with E-state index in [1.165, 1.54) is 18.4 Å². The van der Waals surface area contributed by atoms with Crippen LogP contribution in [0.4, 0.5) is 0 Å². The predicted molar refractivity (Wildman–Crippen MR) is 86.2 cm³/mol. The molecular weight excluding hydrogens is 246 g/mol. The minimum Gasteiger partial charge on any atom is -0.497 e. The molecule has 2 heteroatoms. The van der Waals surface area contributed by atoms with Gasteiger partial charge in [0.2, 0.25) is 0 Å². The average Bonchev–Trinajstić information content (AvgIpc) is 2.55. The van der Waals surface area contributed by atoms with Gasteiger partial charge in [0.1, 0.15) is 5.75 Å². The zero-order valence-electron chi connectivity index (χ0n) is 13.3. The third kappa shape index (κ3) is 4.90. The number of hydrogen-bond acceptors (Lipinski definition) is 2. The molecule has 110 valence electrons. The van der Waals surface area contributed by atoms with Crippen LogP contribution in [0, 0.1) is 11.8 Å². The molecule has 0 spiro atoms. The molecule has 0 bridgehead atoms. The van der Waals surface area contributed by atoms with Gasteiger partial charge < -0.3 is 4.74 Å². The van der Waals surface area contributed by atoms with Gasteiger partial charge in [0, 0.05) is 0 Å². The molecule has 1 aliphatic heterocycles. The van der Waals surface area contributed by atoms with Gasteiger partial charge >= 0.3 is 0 Å². The summed E-state index contributed by atoms with van der Waals surface area (Å²) in [4.78, 5) is 2.44. The summed E-state index contributed by atoms with van der Waals surface area (Å²) in [6, 6.07) is 8.52. The van der Waals surface area contributed by atoms with E-state index in [-0.39, 0.29) is 0 Å². The lowest BCUT2D eigenvalue weighted by atomic mass is 9.89. The fraction of sp³-hybridized carbons (Fsp3) is 0.556. The molecule has 0 saturated carbocycles. The number of piperidine rings is 1. The Balaban J connectivity index is 0.000000956. The number of hydrogen-bond donors (Lipinski definition) is 0.